The summed E-state index contributed by atoms with van der Waals surface area (Å²) in [5, 5.41) is 13.7. The standard InChI is InChI=1S/C20H25N9O/c1-14(2)24-20(30)27-18-22-12-15-13-23-19(26-17(15)25-18)29(16-6-4-3-5-7-16)28-10-8-21-9-11-28/h3-7,12-14,21H,8-11H2,1-2H3,(H2,22,23,24,25,26,27,30). The van der Waals surface area contributed by atoms with Crippen molar-refractivity contribution in [3.05, 3.63) is 42.7 Å². The number of anilines is 3. The molecule has 2 amide bonds. The molecule has 0 atom stereocenters. The van der Waals surface area contributed by atoms with E-state index in [0.717, 1.165) is 31.9 Å². The maximum atomic E-state index is 12.0. The molecule has 3 aromatic rings. The molecule has 0 bridgehead atoms. The number of hydrogen-bond donors (Lipinski definition) is 3. The lowest BCUT2D eigenvalue weighted by molar-refractivity contribution is 0.240. The second kappa shape index (κ2) is 8.97. The monoisotopic (exact) mass is 407 g/mol. The number of carbonyl (C=O) groups excluding carboxylic acids is 1. The van der Waals surface area contributed by atoms with E-state index in [4.69, 9.17) is 0 Å². The Bertz CT molecular complexity index is 1010. The number of urea groups is 1. The first-order valence-corrected chi connectivity index (χ1v) is 9.98. The number of nitrogens with one attached hydrogen (secondary N) is 3. The highest BCUT2D eigenvalue weighted by atomic mass is 16.2. The third-order valence-electron chi connectivity index (χ3n) is 4.53. The smallest absolute Gasteiger partial charge is 0.321 e. The Kier molecular flexibility index (Phi) is 5.96. The van der Waals surface area contributed by atoms with Crippen molar-refractivity contribution in [3.8, 4) is 0 Å². The van der Waals surface area contributed by atoms with Crippen molar-refractivity contribution in [3.63, 3.8) is 0 Å². The van der Waals surface area contributed by atoms with Crippen LogP contribution in [-0.2, 0) is 0 Å². The van der Waals surface area contributed by atoms with Gasteiger partial charge < -0.3 is 10.6 Å². The maximum Gasteiger partial charge on any atom is 0.321 e. The summed E-state index contributed by atoms with van der Waals surface area (Å²) in [7, 11) is 0. The minimum atomic E-state index is -0.356. The summed E-state index contributed by atoms with van der Waals surface area (Å²) in [5.41, 5.74) is 1.44. The largest absolute Gasteiger partial charge is 0.336 e. The summed E-state index contributed by atoms with van der Waals surface area (Å²) in [4.78, 5) is 29.8. The van der Waals surface area contributed by atoms with Gasteiger partial charge in [0.25, 0.3) is 0 Å². The fraction of sp³-hybridized carbons (Fsp3) is 0.350. The molecule has 0 radical (unpaired) electrons. The van der Waals surface area contributed by atoms with E-state index in [2.05, 4.69) is 40.9 Å². The van der Waals surface area contributed by atoms with Crippen molar-refractivity contribution in [1.82, 2.24) is 35.6 Å². The third kappa shape index (κ3) is 4.61. The van der Waals surface area contributed by atoms with Crippen molar-refractivity contribution in [2.45, 2.75) is 19.9 Å². The minimum Gasteiger partial charge on any atom is -0.336 e. The van der Waals surface area contributed by atoms with Crippen LogP contribution in [0.3, 0.4) is 0 Å². The molecule has 30 heavy (non-hydrogen) atoms. The molecule has 1 aromatic carbocycles. The van der Waals surface area contributed by atoms with Crippen molar-refractivity contribution in [2.24, 2.45) is 0 Å². The molecule has 10 nitrogen and oxygen atoms in total. The molecule has 0 unspecified atom stereocenters. The molecular formula is C20H25N9O. The van der Waals surface area contributed by atoms with Gasteiger partial charge in [0.1, 0.15) is 0 Å². The molecule has 2 aromatic heterocycles. The van der Waals surface area contributed by atoms with E-state index in [-0.39, 0.29) is 18.0 Å². The van der Waals surface area contributed by atoms with E-state index in [0.29, 0.717) is 17.0 Å². The molecule has 3 heterocycles. The van der Waals surface area contributed by atoms with Crippen LogP contribution < -0.4 is 21.0 Å². The number of amides is 2. The fourth-order valence-electron chi connectivity index (χ4n) is 3.20. The fourth-order valence-corrected chi connectivity index (χ4v) is 3.20. The summed E-state index contributed by atoms with van der Waals surface area (Å²) in [6.45, 7) is 7.21. The predicted molar refractivity (Wildman–Crippen MR) is 115 cm³/mol. The highest BCUT2D eigenvalue weighted by Crippen LogP contribution is 2.25. The Balaban J connectivity index is 1.67. The lowest BCUT2D eigenvalue weighted by Gasteiger charge is -2.37. The highest BCUT2D eigenvalue weighted by Gasteiger charge is 2.23. The first-order chi connectivity index (χ1) is 14.6. The quantitative estimate of drug-likeness (QED) is 0.588. The van der Waals surface area contributed by atoms with Crippen molar-refractivity contribution >= 4 is 34.6 Å². The topological polar surface area (TPSA) is 111 Å². The first kappa shape index (κ1) is 19.9. The van der Waals surface area contributed by atoms with Gasteiger partial charge in [-0.05, 0) is 26.0 Å². The molecule has 1 fully saturated rings. The van der Waals surface area contributed by atoms with Crippen LogP contribution in [0.5, 0.6) is 0 Å². The SMILES string of the molecule is CC(C)NC(=O)Nc1ncc2cnc(N(c3ccccc3)N3CCNCC3)nc2n1. The van der Waals surface area contributed by atoms with Gasteiger partial charge >= 0.3 is 6.03 Å². The number of rotatable bonds is 5. The number of hydrazine groups is 1. The van der Waals surface area contributed by atoms with Gasteiger partial charge in [0, 0.05) is 44.6 Å². The van der Waals surface area contributed by atoms with E-state index >= 15 is 0 Å². The van der Waals surface area contributed by atoms with Gasteiger partial charge in [-0.25, -0.2) is 24.8 Å². The van der Waals surface area contributed by atoms with Gasteiger partial charge in [-0.1, -0.05) is 18.2 Å². The van der Waals surface area contributed by atoms with Gasteiger partial charge in [-0.3, -0.25) is 5.32 Å². The van der Waals surface area contributed by atoms with Crippen molar-refractivity contribution in [2.75, 3.05) is 36.5 Å². The molecule has 156 valence electrons. The summed E-state index contributed by atoms with van der Waals surface area (Å²) in [6.07, 6.45) is 3.31. The Morgan fingerprint density at radius 2 is 1.83 bits per heavy atom. The molecule has 1 aliphatic heterocycles. The van der Waals surface area contributed by atoms with Crippen LogP contribution in [0.4, 0.5) is 22.4 Å². The molecule has 4 rings (SSSR count). The summed E-state index contributed by atoms with van der Waals surface area (Å²) in [6, 6.07) is 9.67. The second-order valence-corrected chi connectivity index (χ2v) is 7.25. The number of piperazine rings is 1. The zero-order valence-electron chi connectivity index (χ0n) is 17.0. The van der Waals surface area contributed by atoms with Crippen LogP contribution >= 0.6 is 0 Å². The van der Waals surface area contributed by atoms with Crippen LogP contribution in [-0.4, -0.2) is 63.2 Å². The summed E-state index contributed by atoms with van der Waals surface area (Å²) < 4.78 is 0. The number of fused-ring (bicyclic) bond motifs is 1. The second-order valence-electron chi connectivity index (χ2n) is 7.25. The van der Waals surface area contributed by atoms with Crippen LogP contribution in [0.25, 0.3) is 11.0 Å². The molecule has 10 heteroatoms. The van der Waals surface area contributed by atoms with Crippen molar-refractivity contribution in [1.29, 1.82) is 0 Å². The molecular weight excluding hydrogens is 382 g/mol. The normalized spacial score (nSPS) is 14.6. The number of aromatic nitrogens is 4. The predicted octanol–water partition coefficient (Wildman–Crippen LogP) is 1.91. The van der Waals surface area contributed by atoms with Crippen LogP contribution in [0.2, 0.25) is 0 Å². The van der Waals surface area contributed by atoms with Gasteiger partial charge in [-0.2, -0.15) is 9.97 Å². The van der Waals surface area contributed by atoms with E-state index in [1.54, 1.807) is 12.4 Å². The van der Waals surface area contributed by atoms with Crippen molar-refractivity contribution < 1.29 is 4.79 Å². The maximum absolute atomic E-state index is 12.0. The Hall–Kier alpha value is -3.37. The zero-order valence-corrected chi connectivity index (χ0v) is 17.0. The third-order valence-corrected chi connectivity index (χ3v) is 4.53. The Morgan fingerprint density at radius 3 is 2.57 bits per heavy atom. The summed E-state index contributed by atoms with van der Waals surface area (Å²) >= 11 is 0. The van der Waals surface area contributed by atoms with Gasteiger partial charge in [0.2, 0.25) is 11.9 Å². The van der Waals surface area contributed by atoms with Gasteiger partial charge in [0.15, 0.2) is 5.65 Å². The van der Waals surface area contributed by atoms with E-state index in [9.17, 15) is 4.79 Å². The Labute approximate surface area is 174 Å². The Morgan fingerprint density at radius 1 is 1.10 bits per heavy atom. The lowest BCUT2D eigenvalue weighted by atomic mass is 10.3. The number of para-hydroxylation sites is 1. The molecule has 1 aliphatic rings. The number of nitrogens with zero attached hydrogens (tertiary/aromatic N) is 6. The molecule has 0 spiro atoms. The van der Waals surface area contributed by atoms with Gasteiger partial charge in [-0.15, -0.1) is 0 Å². The first-order valence-electron chi connectivity index (χ1n) is 9.98. The molecule has 3 N–H and O–H groups in total. The molecule has 1 saturated heterocycles. The van der Waals surface area contributed by atoms with Crippen LogP contribution in [0.1, 0.15) is 13.8 Å². The molecule has 0 aliphatic carbocycles. The van der Waals surface area contributed by atoms with Gasteiger partial charge in [0.05, 0.1) is 11.1 Å². The van der Waals surface area contributed by atoms with Crippen LogP contribution in [0, 0.1) is 0 Å². The average molecular weight is 407 g/mol. The van der Waals surface area contributed by atoms with E-state index in [1.165, 1.54) is 0 Å². The summed E-state index contributed by atoms with van der Waals surface area (Å²) in [5.74, 6) is 0.714. The average Bonchev–Trinajstić information content (AvgIpc) is 2.75. The number of hydrogen-bond acceptors (Lipinski definition) is 8. The highest BCUT2D eigenvalue weighted by molar-refractivity contribution is 5.88. The minimum absolute atomic E-state index is 0.0119. The lowest BCUT2D eigenvalue weighted by Crippen LogP contribution is -2.51. The number of carbonyl (C=O) groups is 1. The number of benzene rings is 1. The molecule has 0 saturated carbocycles. The van der Waals surface area contributed by atoms with E-state index in [1.807, 2.05) is 49.2 Å². The van der Waals surface area contributed by atoms with Crippen LogP contribution in [0.15, 0.2) is 42.7 Å². The zero-order chi connectivity index (χ0) is 20.9. The van der Waals surface area contributed by atoms with E-state index < -0.39 is 0 Å².